The molecule has 0 spiro atoms. The quantitative estimate of drug-likeness (QED) is 0.664. The summed E-state index contributed by atoms with van der Waals surface area (Å²) >= 11 is 0. The second kappa shape index (κ2) is 6.96. The number of amides is 1. The van der Waals surface area contributed by atoms with Crippen molar-refractivity contribution in [2.75, 3.05) is 30.3 Å². The standard InChI is InChI=1S/C17H22F3N3O3S/c1-16(2,3)26-15(24)22-5-6-23-12(10-22)4-7-27(25)13-8-11(17(18,19)20)9-21-14(13)23/h8-9,12H,4-7,10H2,1-3H3. The number of hydrogen-bond donors (Lipinski definition) is 0. The van der Waals surface area contributed by atoms with Gasteiger partial charge in [-0.05, 0) is 33.3 Å². The van der Waals surface area contributed by atoms with E-state index in [1.165, 1.54) is 0 Å². The van der Waals surface area contributed by atoms with Crippen molar-refractivity contribution in [1.29, 1.82) is 0 Å². The predicted octanol–water partition coefficient (Wildman–Crippen LogP) is 3.04. The molecule has 2 atom stereocenters. The number of hydrogen-bond acceptors (Lipinski definition) is 5. The first-order valence-electron chi connectivity index (χ1n) is 8.66. The maximum absolute atomic E-state index is 13.0. The summed E-state index contributed by atoms with van der Waals surface area (Å²) < 4.78 is 56.9. The van der Waals surface area contributed by atoms with Gasteiger partial charge in [0.2, 0.25) is 0 Å². The summed E-state index contributed by atoms with van der Waals surface area (Å²) in [6.45, 7) is 6.47. The summed E-state index contributed by atoms with van der Waals surface area (Å²) in [7, 11) is -1.57. The van der Waals surface area contributed by atoms with Crippen molar-refractivity contribution in [3.8, 4) is 0 Å². The lowest BCUT2D eigenvalue weighted by Gasteiger charge is -2.41. The van der Waals surface area contributed by atoms with Crippen LogP contribution < -0.4 is 4.90 Å². The molecule has 3 rings (SSSR count). The highest BCUT2D eigenvalue weighted by Gasteiger charge is 2.38. The van der Waals surface area contributed by atoms with Crippen LogP contribution in [0.4, 0.5) is 23.8 Å². The van der Waals surface area contributed by atoms with Crippen LogP contribution in [0.1, 0.15) is 32.8 Å². The fourth-order valence-corrected chi connectivity index (χ4v) is 4.54. The van der Waals surface area contributed by atoms with E-state index in [2.05, 4.69) is 4.98 Å². The molecule has 0 N–H and O–H groups in total. The molecule has 0 aliphatic carbocycles. The number of carbonyl (C=O) groups excluding carboxylic acids is 1. The normalized spacial score (nSPS) is 23.3. The van der Waals surface area contributed by atoms with E-state index in [1.54, 1.807) is 25.7 Å². The van der Waals surface area contributed by atoms with Crippen LogP contribution in [0.3, 0.4) is 0 Å². The summed E-state index contributed by atoms with van der Waals surface area (Å²) in [5.41, 5.74) is -1.51. The van der Waals surface area contributed by atoms with Crippen molar-refractivity contribution in [2.24, 2.45) is 0 Å². The number of alkyl halides is 3. The third-order valence-corrected chi connectivity index (χ3v) is 5.85. The van der Waals surface area contributed by atoms with Gasteiger partial charge in [-0.25, -0.2) is 9.78 Å². The van der Waals surface area contributed by atoms with Gasteiger partial charge in [0.15, 0.2) is 0 Å². The minimum absolute atomic E-state index is 0.109. The zero-order valence-corrected chi connectivity index (χ0v) is 16.2. The molecule has 27 heavy (non-hydrogen) atoms. The van der Waals surface area contributed by atoms with E-state index < -0.39 is 34.2 Å². The molecule has 2 unspecified atom stereocenters. The van der Waals surface area contributed by atoms with Gasteiger partial charge in [0.1, 0.15) is 11.4 Å². The van der Waals surface area contributed by atoms with Gasteiger partial charge in [0.25, 0.3) is 0 Å². The molecule has 2 aliphatic heterocycles. The van der Waals surface area contributed by atoms with Crippen LogP contribution >= 0.6 is 0 Å². The first-order valence-corrected chi connectivity index (χ1v) is 9.98. The average Bonchev–Trinajstić information content (AvgIpc) is 2.69. The molecule has 10 heteroatoms. The zero-order chi connectivity index (χ0) is 20.0. The van der Waals surface area contributed by atoms with Gasteiger partial charge >= 0.3 is 12.3 Å². The van der Waals surface area contributed by atoms with Gasteiger partial charge in [-0.1, -0.05) is 0 Å². The van der Waals surface area contributed by atoms with Gasteiger partial charge < -0.3 is 14.5 Å². The Hall–Kier alpha value is -1.84. The Morgan fingerprint density at radius 3 is 2.63 bits per heavy atom. The number of carbonyl (C=O) groups is 1. The lowest BCUT2D eigenvalue weighted by Crippen LogP contribution is -2.55. The molecule has 0 saturated carbocycles. The first kappa shape index (κ1) is 19.9. The van der Waals surface area contributed by atoms with Gasteiger partial charge in [0, 0.05) is 37.6 Å². The van der Waals surface area contributed by atoms with Crippen LogP contribution in [0.2, 0.25) is 0 Å². The molecule has 1 aromatic heterocycles. The Labute approximate surface area is 158 Å². The number of anilines is 1. The summed E-state index contributed by atoms with van der Waals surface area (Å²) in [4.78, 5) is 19.9. The lowest BCUT2D eigenvalue weighted by molar-refractivity contribution is -0.138. The van der Waals surface area contributed by atoms with E-state index in [0.717, 1.165) is 12.3 Å². The van der Waals surface area contributed by atoms with Crippen LogP contribution in [0, 0.1) is 0 Å². The molecular formula is C17H22F3N3O3S. The largest absolute Gasteiger partial charge is 0.444 e. The Morgan fingerprint density at radius 1 is 1.30 bits per heavy atom. The molecule has 1 aromatic rings. The number of rotatable bonds is 0. The smallest absolute Gasteiger partial charge is 0.417 e. The van der Waals surface area contributed by atoms with E-state index in [-0.39, 0.29) is 16.7 Å². The number of ether oxygens (including phenoxy) is 1. The third-order valence-electron chi connectivity index (χ3n) is 4.45. The Morgan fingerprint density at radius 2 is 2.00 bits per heavy atom. The molecule has 6 nitrogen and oxygen atoms in total. The fraction of sp³-hybridized carbons (Fsp3) is 0.647. The van der Waals surface area contributed by atoms with Crippen LogP contribution in [0.15, 0.2) is 17.2 Å². The summed E-state index contributed by atoms with van der Waals surface area (Å²) in [6, 6.07) is 0.766. The molecule has 0 aromatic carbocycles. The Balaban J connectivity index is 1.84. The van der Waals surface area contributed by atoms with Crippen molar-refractivity contribution in [3.63, 3.8) is 0 Å². The summed E-state index contributed by atoms with van der Waals surface area (Å²) in [6.07, 6.45) is -3.69. The van der Waals surface area contributed by atoms with Crippen LogP contribution in [0.5, 0.6) is 0 Å². The molecule has 150 valence electrons. The maximum atomic E-state index is 13.0. The SMILES string of the molecule is CC(C)(C)OC(=O)N1CCN2c3ncc(C(F)(F)F)cc3S(=O)CCC2C1. The first-order chi connectivity index (χ1) is 12.5. The summed E-state index contributed by atoms with van der Waals surface area (Å²) in [5.74, 6) is 0.534. The van der Waals surface area contributed by atoms with Crippen molar-refractivity contribution in [3.05, 3.63) is 17.8 Å². The molecule has 2 aliphatic rings. The number of aromatic nitrogens is 1. The van der Waals surface area contributed by atoms with Crippen LogP contribution in [-0.2, 0) is 21.7 Å². The molecule has 0 bridgehead atoms. The second-order valence-corrected chi connectivity index (χ2v) is 9.19. The highest BCUT2D eigenvalue weighted by Crippen LogP contribution is 2.36. The Bertz CT molecular complexity index is 764. The van der Waals surface area contributed by atoms with Gasteiger partial charge in [-0.2, -0.15) is 13.2 Å². The topological polar surface area (TPSA) is 62.7 Å². The van der Waals surface area contributed by atoms with Crippen molar-refractivity contribution in [2.45, 2.75) is 49.9 Å². The van der Waals surface area contributed by atoms with E-state index in [0.29, 0.717) is 31.9 Å². The second-order valence-electron chi connectivity index (χ2n) is 7.66. The number of halogens is 3. The lowest BCUT2D eigenvalue weighted by atomic mass is 10.1. The number of piperazine rings is 1. The van der Waals surface area contributed by atoms with Gasteiger partial charge in [-0.15, -0.1) is 0 Å². The van der Waals surface area contributed by atoms with E-state index in [9.17, 15) is 22.2 Å². The highest BCUT2D eigenvalue weighted by atomic mass is 32.2. The third kappa shape index (κ3) is 4.36. The highest BCUT2D eigenvalue weighted by molar-refractivity contribution is 7.85. The van der Waals surface area contributed by atoms with Crippen molar-refractivity contribution >= 4 is 22.7 Å². The van der Waals surface area contributed by atoms with Gasteiger partial charge in [-0.3, -0.25) is 4.21 Å². The number of pyridine rings is 1. The minimum atomic E-state index is -4.53. The van der Waals surface area contributed by atoms with Gasteiger partial charge in [0.05, 0.1) is 21.3 Å². The monoisotopic (exact) mass is 405 g/mol. The molecule has 1 saturated heterocycles. The number of nitrogens with zero attached hydrogens (tertiary/aromatic N) is 3. The van der Waals surface area contributed by atoms with Crippen LogP contribution in [-0.4, -0.2) is 57.2 Å². The average molecular weight is 405 g/mol. The van der Waals surface area contributed by atoms with Crippen LogP contribution in [0.25, 0.3) is 0 Å². The maximum Gasteiger partial charge on any atom is 0.417 e. The zero-order valence-electron chi connectivity index (χ0n) is 15.4. The minimum Gasteiger partial charge on any atom is -0.444 e. The molecule has 1 amide bonds. The Kier molecular flexibility index (Phi) is 5.13. The molecular weight excluding hydrogens is 383 g/mol. The number of fused-ring (bicyclic) bond motifs is 3. The summed E-state index contributed by atoms with van der Waals surface area (Å²) in [5, 5.41) is 0. The van der Waals surface area contributed by atoms with Crippen molar-refractivity contribution in [1.82, 2.24) is 9.88 Å². The molecule has 3 heterocycles. The molecule has 0 radical (unpaired) electrons. The van der Waals surface area contributed by atoms with Crippen molar-refractivity contribution < 1.29 is 26.9 Å². The predicted molar refractivity (Wildman–Crippen MR) is 94.1 cm³/mol. The van der Waals surface area contributed by atoms with E-state index in [1.807, 2.05) is 4.90 Å². The van der Waals surface area contributed by atoms with E-state index in [4.69, 9.17) is 4.74 Å². The van der Waals surface area contributed by atoms with E-state index >= 15 is 0 Å². The molecule has 1 fully saturated rings. The fourth-order valence-electron chi connectivity index (χ4n) is 3.20.